The molecule has 0 amide bonds. The Bertz CT molecular complexity index is 582. The van der Waals surface area contributed by atoms with E-state index in [0.29, 0.717) is 25.3 Å². The van der Waals surface area contributed by atoms with Crippen LogP contribution in [0.2, 0.25) is 0 Å². The van der Waals surface area contributed by atoms with Crippen molar-refractivity contribution < 1.29 is 13.5 Å². The van der Waals surface area contributed by atoms with Gasteiger partial charge in [0.15, 0.2) is 9.84 Å². The second kappa shape index (κ2) is 8.97. The molecule has 0 aliphatic heterocycles. The quantitative estimate of drug-likeness (QED) is 0.675. The average Bonchev–Trinajstić information content (AvgIpc) is 2.50. The van der Waals surface area contributed by atoms with Gasteiger partial charge in [-0.1, -0.05) is 51.1 Å². The molecule has 1 rings (SSSR count). The van der Waals surface area contributed by atoms with E-state index in [9.17, 15) is 13.5 Å². The first-order valence-electron chi connectivity index (χ1n) is 8.76. The first-order chi connectivity index (χ1) is 11.1. The fourth-order valence-corrected chi connectivity index (χ4v) is 5.27. The zero-order chi connectivity index (χ0) is 18.4. The number of aliphatic hydroxyl groups is 1. The molecule has 138 valence electrons. The molecule has 0 radical (unpaired) electrons. The normalized spacial score (nSPS) is 17.5. The third kappa shape index (κ3) is 6.54. The summed E-state index contributed by atoms with van der Waals surface area (Å²) < 4.78 is 26.1. The van der Waals surface area contributed by atoms with Crippen molar-refractivity contribution in [1.82, 2.24) is 0 Å². The van der Waals surface area contributed by atoms with Crippen LogP contribution in [0.15, 0.2) is 30.3 Å². The van der Waals surface area contributed by atoms with Crippen molar-refractivity contribution >= 4 is 9.84 Å². The monoisotopic (exact) mass is 355 g/mol. The zero-order valence-electron chi connectivity index (χ0n) is 15.4. The highest BCUT2D eigenvalue weighted by atomic mass is 32.2. The van der Waals surface area contributed by atoms with Crippen molar-refractivity contribution in [3.63, 3.8) is 0 Å². The van der Waals surface area contributed by atoms with Crippen LogP contribution in [-0.4, -0.2) is 30.9 Å². The van der Waals surface area contributed by atoms with E-state index in [0.717, 1.165) is 12.0 Å². The van der Waals surface area contributed by atoms with Gasteiger partial charge in [0.25, 0.3) is 0 Å². The molecule has 0 aliphatic carbocycles. The molecule has 24 heavy (non-hydrogen) atoms. The number of sulfone groups is 1. The van der Waals surface area contributed by atoms with E-state index in [2.05, 4.69) is 13.8 Å². The summed E-state index contributed by atoms with van der Waals surface area (Å²) in [7, 11) is -3.49. The predicted octanol–water partition coefficient (Wildman–Crippen LogP) is 3.14. The largest absolute Gasteiger partial charge is 0.389 e. The molecule has 0 saturated carbocycles. The maximum atomic E-state index is 13.0. The SMILES string of the molecule is CC(C)CCC(C)(O)C(CC(C)CN)S(=O)(=O)Cc1ccccc1. The molecule has 1 aromatic rings. The summed E-state index contributed by atoms with van der Waals surface area (Å²) in [6.45, 7) is 8.16. The first kappa shape index (κ1) is 21.1. The molecule has 1 aromatic carbocycles. The lowest BCUT2D eigenvalue weighted by Crippen LogP contribution is -2.46. The Hall–Kier alpha value is -0.910. The minimum absolute atomic E-state index is 0.0473. The third-order valence-corrected chi connectivity index (χ3v) is 6.89. The molecule has 0 spiro atoms. The van der Waals surface area contributed by atoms with E-state index in [1.165, 1.54) is 0 Å². The summed E-state index contributed by atoms with van der Waals surface area (Å²) in [4.78, 5) is 0. The molecule has 0 heterocycles. The highest BCUT2D eigenvalue weighted by molar-refractivity contribution is 7.91. The summed E-state index contributed by atoms with van der Waals surface area (Å²) in [5.74, 6) is 0.417. The van der Waals surface area contributed by atoms with Gasteiger partial charge in [-0.2, -0.15) is 0 Å². The molecule has 0 aromatic heterocycles. The van der Waals surface area contributed by atoms with E-state index < -0.39 is 20.7 Å². The lowest BCUT2D eigenvalue weighted by molar-refractivity contribution is 0.0348. The van der Waals surface area contributed by atoms with Crippen molar-refractivity contribution in [1.29, 1.82) is 0 Å². The summed E-state index contributed by atoms with van der Waals surface area (Å²) in [5.41, 5.74) is 5.21. The number of hydrogen-bond acceptors (Lipinski definition) is 4. The Morgan fingerprint density at radius 2 is 1.75 bits per heavy atom. The van der Waals surface area contributed by atoms with Gasteiger partial charge < -0.3 is 10.8 Å². The number of rotatable bonds is 10. The molecular weight excluding hydrogens is 322 g/mol. The number of nitrogens with two attached hydrogens (primary N) is 1. The van der Waals surface area contributed by atoms with Gasteiger partial charge in [-0.25, -0.2) is 8.42 Å². The third-order valence-electron chi connectivity index (χ3n) is 4.58. The molecule has 0 aliphatic rings. The summed E-state index contributed by atoms with van der Waals surface area (Å²) in [6, 6.07) is 9.15. The molecule has 0 saturated heterocycles. The predicted molar refractivity (Wildman–Crippen MR) is 100 cm³/mol. The Morgan fingerprint density at radius 1 is 1.17 bits per heavy atom. The molecular formula is C19H33NO3S. The lowest BCUT2D eigenvalue weighted by atomic mass is 9.88. The highest BCUT2D eigenvalue weighted by Gasteiger charge is 2.41. The Labute approximate surface area is 147 Å². The van der Waals surface area contributed by atoms with Crippen LogP contribution in [0.5, 0.6) is 0 Å². The second-order valence-corrected chi connectivity index (χ2v) is 9.83. The van der Waals surface area contributed by atoms with Crippen molar-refractivity contribution in [3.8, 4) is 0 Å². The molecule has 3 unspecified atom stereocenters. The van der Waals surface area contributed by atoms with Gasteiger partial charge in [0.1, 0.15) is 0 Å². The Morgan fingerprint density at radius 3 is 2.25 bits per heavy atom. The maximum absolute atomic E-state index is 13.0. The second-order valence-electron chi connectivity index (χ2n) is 7.65. The van der Waals surface area contributed by atoms with Gasteiger partial charge >= 0.3 is 0 Å². The summed E-state index contributed by atoms with van der Waals surface area (Å²) in [5, 5.41) is 10.2. The van der Waals surface area contributed by atoms with Gasteiger partial charge in [0, 0.05) is 0 Å². The van der Waals surface area contributed by atoms with Gasteiger partial charge in [0.05, 0.1) is 16.6 Å². The molecule has 3 atom stereocenters. The van der Waals surface area contributed by atoms with Gasteiger partial charge in [-0.3, -0.25) is 0 Å². The van der Waals surface area contributed by atoms with Crippen LogP contribution in [0.4, 0.5) is 0 Å². The molecule has 0 bridgehead atoms. The summed E-state index contributed by atoms with van der Waals surface area (Å²) in [6.07, 6.45) is 1.65. The fraction of sp³-hybridized carbons (Fsp3) is 0.684. The minimum atomic E-state index is -3.49. The Balaban J connectivity index is 3.06. The van der Waals surface area contributed by atoms with Crippen molar-refractivity contribution in [2.24, 2.45) is 17.6 Å². The van der Waals surface area contributed by atoms with E-state index >= 15 is 0 Å². The standard InChI is InChI=1S/C19H33NO3S/c1-15(2)10-11-19(4,21)18(12-16(3)13-20)24(22,23)14-17-8-6-5-7-9-17/h5-9,15-16,18,21H,10-14,20H2,1-4H3. The van der Waals surface area contributed by atoms with Gasteiger partial charge in [0.2, 0.25) is 0 Å². The van der Waals surface area contributed by atoms with E-state index in [1.807, 2.05) is 37.3 Å². The van der Waals surface area contributed by atoms with Crippen LogP contribution in [0.3, 0.4) is 0 Å². The van der Waals surface area contributed by atoms with E-state index in [1.54, 1.807) is 6.92 Å². The van der Waals surface area contributed by atoms with E-state index in [4.69, 9.17) is 5.73 Å². The van der Waals surface area contributed by atoms with Crippen LogP contribution in [0, 0.1) is 11.8 Å². The number of hydrogen-bond donors (Lipinski definition) is 2. The van der Waals surface area contributed by atoms with Crippen molar-refractivity contribution in [2.75, 3.05) is 6.54 Å². The highest BCUT2D eigenvalue weighted by Crippen LogP contribution is 2.31. The smallest absolute Gasteiger partial charge is 0.160 e. The molecule has 5 heteroatoms. The zero-order valence-corrected chi connectivity index (χ0v) is 16.2. The topological polar surface area (TPSA) is 80.4 Å². The minimum Gasteiger partial charge on any atom is -0.389 e. The van der Waals surface area contributed by atoms with Gasteiger partial charge in [-0.15, -0.1) is 0 Å². The van der Waals surface area contributed by atoms with Crippen molar-refractivity contribution in [3.05, 3.63) is 35.9 Å². The Kier molecular flexibility index (Phi) is 7.90. The average molecular weight is 356 g/mol. The fourth-order valence-electron chi connectivity index (χ4n) is 2.90. The van der Waals surface area contributed by atoms with Crippen LogP contribution in [0.1, 0.15) is 52.5 Å². The van der Waals surface area contributed by atoms with Crippen LogP contribution < -0.4 is 5.73 Å². The maximum Gasteiger partial charge on any atom is 0.160 e. The molecule has 4 nitrogen and oxygen atoms in total. The molecule has 3 N–H and O–H groups in total. The van der Waals surface area contributed by atoms with E-state index in [-0.39, 0.29) is 11.7 Å². The molecule has 0 fully saturated rings. The van der Waals surface area contributed by atoms with Crippen molar-refractivity contribution in [2.45, 2.75) is 63.6 Å². The first-order valence-corrected chi connectivity index (χ1v) is 10.5. The summed E-state index contributed by atoms with van der Waals surface area (Å²) >= 11 is 0. The van der Waals surface area contributed by atoms with Gasteiger partial charge in [-0.05, 0) is 50.1 Å². The van der Waals surface area contributed by atoms with Crippen LogP contribution in [0.25, 0.3) is 0 Å². The van der Waals surface area contributed by atoms with Crippen LogP contribution in [-0.2, 0) is 15.6 Å². The number of benzene rings is 1. The van der Waals surface area contributed by atoms with Crippen LogP contribution >= 0.6 is 0 Å². The lowest BCUT2D eigenvalue weighted by Gasteiger charge is -2.34.